The molecule has 2 aromatic carbocycles. The van der Waals surface area contributed by atoms with Crippen molar-refractivity contribution in [2.24, 2.45) is 5.10 Å². The number of para-hydroxylation sites is 1. The van der Waals surface area contributed by atoms with Gasteiger partial charge in [0.1, 0.15) is 5.75 Å². The zero-order valence-corrected chi connectivity index (χ0v) is 14.8. The monoisotopic (exact) mass is 348 g/mol. The van der Waals surface area contributed by atoms with Gasteiger partial charge >= 0.3 is 0 Å². The van der Waals surface area contributed by atoms with Crippen LogP contribution in [-0.4, -0.2) is 27.0 Å². The topological polar surface area (TPSA) is 52.1 Å². The van der Waals surface area contributed by atoms with Crippen molar-refractivity contribution in [2.75, 3.05) is 26.3 Å². The highest BCUT2D eigenvalue weighted by Crippen LogP contribution is 2.30. The van der Waals surface area contributed by atoms with Crippen LogP contribution in [0, 0.1) is 0 Å². The highest BCUT2D eigenvalue weighted by atomic mass is 35.5. The van der Waals surface area contributed by atoms with Crippen molar-refractivity contribution in [3.05, 3.63) is 47.0 Å². The van der Waals surface area contributed by atoms with Crippen LogP contribution in [0.3, 0.4) is 0 Å². The van der Waals surface area contributed by atoms with E-state index in [1.165, 1.54) is 0 Å². The van der Waals surface area contributed by atoms with Gasteiger partial charge in [-0.2, -0.15) is 5.10 Å². The number of hydrogen-bond donors (Lipinski definition) is 1. The number of hydrogen-bond acceptors (Lipinski definition) is 5. The van der Waals surface area contributed by atoms with Gasteiger partial charge in [-0.05, 0) is 36.8 Å². The van der Waals surface area contributed by atoms with Crippen molar-refractivity contribution >= 4 is 23.5 Å². The molecule has 5 nitrogen and oxygen atoms in total. The first-order chi connectivity index (χ1) is 11.7. The number of ether oxygens (including phenoxy) is 3. The molecule has 0 aliphatic rings. The van der Waals surface area contributed by atoms with Gasteiger partial charge in [-0.3, -0.25) is 5.43 Å². The van der Waals surface area contributed by atoms with Crippen LogP contribution in [0.2, 0.25) is 5.02 Å². The molecule has 0 unspecified atom stereocenters. The molecule has 0 radical (unpaired) electrons. The third kappa shape index (κ3) is 4.55. The molecule has 0 atom stereocenters. The van der Waals surface area contributed by atoms with Gasteiger partial charge in [0.2, 0.25) is 0 Å². The van der Waals surface area contributed by atoms with Gasteiger partial charge in [-0.15, -0.1) is 0 Å². The summed E-state index contributed by atoms with van der Waals surface area (Å²) in [6.07, 6.45) is 2.60. The molecule has 0 bridgehead atoms. The molecule has 6 heteroatoms. The minimum Gasteiger partial charge on any atom is -0.495 e. The third-order valence-corrected chi connectivity index (χ3v) is 3.52. The Balaban J connectivity index is 2.15. The maximum absolute atomic E-state index is 6.09. The van der Waals surface area contributed by atoms with Crippen LogP contribution in [0.4, 0.5) is 5.69 Å². The summed E-state index contributed by atoms with van der Waals surface area (Å²) in [5.41, 5.74) is 4.53. The van der Waals surface area contributed by atoms with E-state index in [0.29, 0.717) is 28.9 Å². The zero-order valence-electron chi connectivity index (χ0n) is 14.0. The van der Waals surface area contributed by atoms with Gasteiger partial charge in [0.25, 0.3) is 0 Å². The first-order valence-electron chi connectivity index (χ1n) is 7.62. The Bertz CT molecular complexity index is 705. The highest BCUT2D eigenvalue weighted by Gasteiger charge is 2.08. The quantitative estimate of drug-likeness (QED) is 0.560. The van der Waals surface area contributed by atoms with Gasteiger partial charge in [-0.25, -0.2) is 0 Å². The fourth-order valence-corrected chi connectivity index (χ4v) is 2.32. The molecule has 0 fully saturated rings. The molecule has 0 aliphatic heterocycles. The summed E-state index contributed by atoms with van der Waals surface area (Å²) in [7, 11) is 3.19. The molecular weight excluding hydrogens is 328 g/mol. The Morgan fingerprint density at radius 1 is 1.12 bits per heavy atom. The largest absolute Gasteiger partial charge is 0.495 e. The molecule has 1 N–H and O–H groups in total. The fourth-order valence-electron chi connectivity index (χ4n) is 2.07. The van der Waals surface area contributed by atoms with Crippen molar-refractivity contribution in [3.63, 3.8) is 0 Å². The Morgan fingerprint density at radius 3 is 2.58 bits per heavy atom. The van der Waals surface area contributed by atoms with Crippen LogP contribution in [-0.2, 0) is 0 Å². The lowest BCUT2D eigenvalue weighted by Gasteiger charge is -2.12. The summed E-state index contributed by atoms with van der Waals surface area (Å²) in [6.45, 7) is 2.67. The van der Waals surface area contributed by atoms with E-state index in [4.69, 9.17) is 25.8 Å². The van der Waals surface area contributed by atoms with E-state index < -0.39 is 0 Å². The summed E-state index contributed by atoms with van der Waals surface area (Å²) < 4.78 is 16.3. The minimum absolute atomic E-state index is 0.519. The lowest BCUT2D eigenvalue weighted by molar-refractivity contribution is 0.294. The fraction of sp³-hybridized carbons (Fsp3) is 0.278. The van der Waals surface area contributed by atoms with Crippen LogP contribution in [0.25, 0.3) is 0 Å². The van der Waals surface area contributed by atoms with Gasteiger partial charge in [0.05, 0.1) is 37.8 Å². The average molecular weight is 349 g/mol. The van der Waals surface area contributed by atoms with Crippen molar-refractivity contribution in [1.29, 1.82) is 0 Å². The number of nitrogens with one attached hydrogen (secondary N) is 1. The second kappa shape index (κ2) is 9.03. The first-order valence-corrected chi connectivity index (χ1v) is 7.99. The lowest BCUT2D eigenvalue weighted by Crippen LogP contribution is -2.01. The van der Waals surface area contributed by atoms with Crippen molar-refractivity contribution in [2.45, 2.75) is 13.3 Å². The second-order valence-electron chi connectivity index (χ2n) is 4.95. The summed E-state index contributed by atoms with van der Waals surface area (Å²) in [5, 5.41) is 4.76. The number of hydrazone groups is 1. The number of benzene rings is 2. The minimum atomic E-state index is 0.519. The Hall–Kier alpha value is -2.40. The van der Waals surface area contributed by atoms with E-state index in [-0.39, 0.29) is 0 Å². The maximum atomic E-state index is 6.09. The number of methoxy groups -OCH3 is 2. The Labute approximate surface area is 147 Å². The molecule has 0 aliphatic carbocycles. The SMILES string of the molecule is CCCOc1c(/C=N/Nc2ccc(OC)c(Cl)c2)cccc1OC. The number of nitrogens with zero attached hydrogens (tertiary/aromatic N) is 1. The van der Waals surface area contributed by atoms with Crippen LogP contribution >= 0.6 is 11.6 Å². The van der Waals surface area contributed by atoms with Crippen molar-refractivity contribution in [1.82, 2.24) is 0 Å². The van der Waals surface area contributed by atoms with E-state index in [1.807, 2.05) is 24.3 Å². The molecule has 2 rings (SSSR count). The standard InChI is InChI=1S/C18H21ClN2O3/c1-4-10-24-18-13(6-5-7-17(18)23-3)12-20-21-14-8-9-16(22-2)15(19)11-14/h5-9,11-12,21H,4,10H2,1-3H3/b20-12+. The maximum Gasteiger partial charge on any atom is 0.169 e. The molecule has 2 aromatic rings. The van der Waals surface area contributed by atoms with Crippen molar-refractivity contribution in [3.8, 4) is 17.2 Å². The number of rotatable bonds is 8. The van der Waals surface area contributed by atoms with Gasteiger partial charge in [0.15, 0.2) is 11.5 Å². The van der Waals surface area contributed by atoms with E-state index in [0.717, 1.165) is 17.7 Å². The molecule has 0 amide bonds. The van der Waals surface area contributed by atoms with Gasteiger partial charge < -0.3 is 14.2 Å². The second-order valence-corrected chi connectivity index (χ2v) is 5.35. The summed E-state index contributed by atoms with van der Waals surface area (Å²) >= 11 is 6.09. The molecule has 128 valence electrons. The Morgan fingerprint density at radius 2 is 1.92 bits per heavy atom. The molecular formula is C18H21ClN2O3. The number of halogens is 1. The Kier molecular flexibility index (Phi) is 6.75. The van der Waals surface area contributed by atoms with Crippen LogP contribution in [0.1, 0.15) is 18.9 Å². The molecule has 0 spiro atoms. The molecule has 24 heavy (non-hydrogen) atoms. The number of anilines is 1. The van der Waals surface area contributed by atoms with Gasteiger partial charge in [-0.1, -0.05) is 24.6 Å². The van der Waals surface area contributed by atoms with Crippen LogP contribution < -0.4 is 19.6 Å². The van der Waals surface area contributed by atoms with E-state index in [1.54, 1.807) is 32.6 Å². The predicted molar refractivity (Wildman–Crippen MR) is 98.0 cm³/mol. The summed E-state index contributed by atoms with van der Waals surface area (Å²) in [4.78, 5) is 0. The van der Waals surface area contributed by atoms with E-state index in [9.17, 15) is 0 Å². The summed E-state index contributed by atoms with van der Waals surface area (Å²) in [6, 6.07) is 11.0. The van der Waals surface area contributed by atoms with Crippen molar-refractivity contribution < 1.29 is 14.2 Å². The van der Waals surface area contributed by atoms with E-state index in [2.05, 4.69) is 17.5 Å². The smallest absolute Gasteiger partial charge is 0.169 e. The average Bonchev–Trinajstić information content (AvgIpc) is 2.60. The first kappa shape index (κ1) is 17.9. The molecule has 0 saturated carbocycles. The predicted octanol–water partition coefficient (Wildman–Crippen LogP) is 4.59. The van der Waals surface area contributed by atoms with Crippen LogP contribution in [0.15, 0.2) is 41.5 Å². The third-order valence-electron chi connectivity index (χ3n) is 3.23. The van der Waals surface area contributed by atoms with Gasteiger partial charge in [0, 0.05) is 5.56 Å². The molecule has 0 aromatic heterocycles. The zero-order chi connectivity index (χ0) is 17.4. The highest BCUT2D eigenvalue weighted by molar-refractivity contribution is 6.32. The van der Waals surface area contributed by atoms with Crippen LogP contribution in [0.5, 0.6) is 17.2 Å². The van der Waals surface area contributed by atoms with E-state index >= 15 is 0 Å². The normalized spacial score (nSPS) is 10.7. The molecule has 0 saturated heterocycles. The molecule has 0 heterocycles. The summed E-state index contributed by atoms with van der Waals surface area (Å²) in [5.74, 6) is 1.98. The lowest BCUT2D eigenvalue weighted by atomic mass is 10.2.